The van der Waals surface area contributed by atoms with Gasteiger partial charge in [0, 0.05) is 37.3 Å². The summed E-state index contributed by atoms with van der Waals surface area (Å²) in [5.74, 6) is 0. The van der Waals surface area contributed by atoms with Crippen LogP contribution in [0.3, 0.4) is 0 Å². The van der Waals surface area contributed by atoms with E-state index >= 15 is 0 Å². The first-order chi connectivity index (χ1) is 7.68. The number of nitrogens with one attached hydrogen (secondary N) is 1. The van der Waals surface area contributed by atoms with Crippen molar-refractivity contribution in [2.24, 2.45) is 0 Å². The smallest absolute Gasteiger partial charge is 0.292 e. The van der Waals surface area contributed by atoms with E-state index in [-0.39, 0.29) is 10.6 Å². The third-order valence-corrected chi connectivity index (χ3v) is 2.83. The van der Waals surface area contributed by atoms with Gasteiger partial charge in [-0.1, -0.05) is 11.6 Å². The molecule has 5 nitrogen and oxygen atoms in total. The molecule has 0 radical (unpaired) electrons. The Morgan fingerprint density at radius 3 is 2.69 bits per heavy atom. The molecule has 0 spiro atoms. The molecule has 0 aromatic heterocycles. The highest BCUT2D eigenvalue weighted by Crippen LogP contribution is 2.31. The molecule has 1 aliphatic heterocycles. The lowest BCUT2D eigenvalue weighted by Crippen LogP contribution is -2.43. The Morgan fingerprint density at radius 1 is 1.38 bits per heavy atom. The highest BCUT2D eigenvalue weighted by molar-refractivity contribution is 6.31. The lowest BCUT2D eigenvalue weighted by atomic mass is 10.2. The van der Waals surface area contributed by atoms with Crippen LogP contribution in [0.2, 0.25) is 5.02 Å². The van der Waals surface area contributed by atoms with E-state index in [1.165, 1.54) is 6.07 Å². The fraction of sp³-hybridized carbons (Fsp3) is 0.400. The Balaban J connectivity index is 2.36. The maximum absolute atomic E-state index is 10.9. The molecular weight excluding hydrogens is 230 g/mol. The summed E-state index contributed by atoms with van der Waals surface area (Å²) in [6.07, 6.45) is 0. The van der Waals surface area contributed by atoms with Gasteiger partial charge >= 0.3 is 0 Å². The number of rotatable bonds is 2. The number of anilines is 1. The van der Waals surface area contributed by atoms with E-state index in [0.29, 0.717) is 10.7 Å². The van der Waals surface area contributed by atoms with Crippen molar-refractivity contribution in [1.82, 2.24) is 5.32 Å². The lowest BCUT2D eigenvalue weighted by molar-refractivity contribution is -0.384. The number of hydrogen-bond donors (Lipinski definition) is 1. The van der Waals surface area contributed by atoms with Crippen LogP contribution in [0.1, 0.15) is 0 Å². The van der Waals surface area contributed by atoms with E-state index in [0.717, 1.165) is 26.2 Å². The highest BCUT2D eigenvalue weighted by Gasteiger charge is 2.20. The van der Waals surface area contributed by atoms with Gasteiger partial charge in [0.15, 0.2) is 0 Å². The fourth-order valence-corrected chi connectivity index (χ4v) is 1.98. The van der Waals surface area contributed by atoms with Crippen molar-refractivity contribution in [3.8, 4) is 0 Å². The minimum absolute atomic E-state index is 0.117. The molecule has 1 aliphatic rings. The van der Waals surface area contributed by atoms with E-state index in [1.54, 1.807) is 12.1 Å². The summed E-state index contributed by atoms with van der Waals surface area (Å²) in [7, 11) is 0. The quantitative estimate of drug-likeness (QED) is 0.632. The highest BCUT2D eigenvalue weighted by atomic mass is 35.5. The fourth-order valence-electron chi connectivity index (χ4n) is 1.81. The van der Waals surface area contributed by atoms with Crippen LogP contribution < -0.4 is 10.2 Å². The van der Waals surface area contributed by atoms with Gasteiger partial charge in [0.05, 0.1) is 4.92 Å². The summed E-state index contributed by atoms with van der Waals surface area (Å²) < 4.78 is 0. The maximum Gasteiger partial charge on any atom is 0.292 e. The largest absolute Gasteiger partial charge is 0.363 e. The molecule has 16 heavy (non-hydrogen) atoms. The van der Waals surface area contributed by atoms with Gasteiger partial charge in [0.25, 0.3) is 5.69 Å². The van der Waals surface area contributed by atoms with Crippen LogP contribution in [0.4, 0.5) is 11.4 Å². The summed E-state index contributed by atoms with van der Waals surface area (Å²) in [6.45, 7) is 3.20. The first kappa shape index (κ1) is 11.2. The van der Waals surface area contributed by atoms with Gasteiger partial charge in [-0.3, -0.25) is 10.1 Å². The second-order valence-electron chi connectivity index (χ2n) is 3.63. The van der Waals surface area contributed by atoms with Crippen molar-refractivity contribution in [2.75, 3.05) is 31.1 Å². The Kier molecular flexibility index (Phi) is 3.26. The normalized spacial score (nSPS) is 16.2. The minimum Gasteiger partial charge on any atom is -0.363 e. The van der Waals surface area contributed by atoms with Crippen LogP contribution in [0.15, 0.2) is 18.2 Å². The Hall–Kier alpha value is -1.33. The van der Waals surface area contributed by atoms with E-state index < -0.39 is 0 Å². The third kappa shape index (κ3) is 2.25. The number of piperazine rings is 1. The predicted molar refractivity (Wildman–Crippen MR) is 63.2 cm³/mol. The maximum atomic E-state index is 10.9. The van der Waals surface area contributed by atoms with E-state index in [2.05, 4.69) is 5.32 Å². The van der Waals surface area contributed by atoms with Gasteiger partial charge in [-0.05, 0) is 12.1 Å². The zero-order valence-electron chi connectivity index (χ0n) is 8.65. The molecule has 1 aromatic rings. The van der Waals surface area contributed by atoms with Crippen molar-refractivity contribution < 1.29 is 4.92 Å². The van der Waals surface area contributed by atoms with Crippen LogP contribution in [-0.4, -0.2) is 31.1 Å². The summed E-state index contributed by atoms with van der Waals surface area (Å²) in [5.41, 5.74) is 0.727. The number of nitro groups is 1. The number of halogens is 1. The van der Waals surface area contributed by atoms with Gasteiger partial charge in [0.2, 0.25) is 0 Å². The summed E-state index contributed by atoms with van der Waals surface area (Å²) >= 11 is 5.88. The van der Waals surface area contributed by atoms with Gasteiger partial charge in [-0.25, -0.2) is 0 Å². The van der Waals surface area contributed by atoms with E-state index in [9.17, 15) is 10.1 Å². The average molecular weight is 242 g/mol. The monoisotopic (exact) mass is 241 g/mol. The Bertz CT molecular complexity index is 405. The van der Waals surface area contributed by atoms with Gasteiger partial charge in [-0.15, -0.1) is 0 Å². The summed E-state index contributed by atoms with van der Waals surface area (Å²) in [6, 6.07) is 4.66. The molecule has 86 valence electrons. The molecule has 6 heteroatoms. The van der Waals surface area contributed by atoms with Crippen molar-refractivity contribution in [3.63, 3.8) is 0 Å². The Morgan fingerprint density at radius 2 is 2.06 bits per heavy atom. The first-order valence-electron chi connectivity index (χ1n) is 5.08. The zero-order valence-corrected chi connectivity index (χ0v) is 9.41. The zero-order chi connectivity index (χ0) is 11.5. The molecule has 0 unspecified atom stereocenters. The number of hydrogen-bond acceptors (Lipinski definition) is 4. The minimum atomic E-state index is -0.367. The van der Waals surface area contributed by atoms with Gasteiger partial charge in [0.1, 0.15) is 5.69 Å². The standard InChI is InChI=1S/C10H12ClN3O2/c11-8-1-2-9(14(15)16)10(7-8)13-5-3-12-4-6-13/h1-2,7,12H,3-6H2. The van der Waals surface area contributed by atoms with Crippen LogP contribution in [0.25, 0.3) is 0 Å². The van der Waals surface area contributed by atoms with Crippen LogP contribution in [0, 0.1) is 10.1 Å². The topological polar surface area (TPSA) is 58.4 Å². The second kappa shape index (κ2) is 4.67. The van der Waals surface area contributed by atoms with E-state index in [4.69, 9.17) is 11.6 Å². The number of benzene rings is 1. The van der Waals surface area contributed by atoms with Crippen LogP contribution >= 0.6 is 11.6 Å². The molecule has 0 amide bonds. The average Bonchev–Trinajstić information content (AvgIpc) is 2.29. The molecule has 0 saturated carbocycles. The van der Waals surface area contributed by atoms with Gasteiger partial charge < -0.3 is 10.2 Å². The SMILES string of the molecule is O=[N+]([O-])c1ccc(Cl)cc1N1CCNCC1. The number of nitrogens with zero attached hydrogens (tertiary/aromatic N) is 2. The summed E-state index contributed by atoms with van der Waals surface area (Å²) in [4.78, 5) is 12.5. The van der Waals surface area contributed by atoms with Crippen molar-refractivity contribution >= 4 is 23.0 Å². The molecule has 1 aromatic carbocycles. The van der Waals surface area contributed by atoms with Crippen LogP contribution in [-0.2, 0) is 0 Å². The molecule has 0 atom stereocenters. The lowest BCUT2D eigenvalue weighted by Gasteiger charge is -2.29. The molecule has 0 aliphatic carbocycles. The van der Waals surface area contributed by atoms with Crippen molar-refractivity contribution in [2.45, 2.75) is 0 Å². The third-order valence-electron chi connectivity index (χ3n) is 2.59. The molecule has 1 fully saturated rings. The van der Waals surface area contributed by atoms with Crippen LogP contribution in [0.5, 0.6) is 0 Å². The van der Waals surface area contributed by atoms with Gasteiger partial charge in [-0.2, -0.15) is 0 Å². The second-order valence-corrected chi connectivity index (χ2v) is 4.06. The molecule has 2 rings (SSSR count). The summed E-state index contributed by atoms with van der Waals surface area (Å²) in [5, 5.41) is 14.6. The van der Waals surface area contributed by atoms with Crippen molar-refractivity contribution in [3.05, 3.63) is 33.3 Å². The molecule has 0 bridgehead atoms. The first-order valence-corrected chi connectivity index (χ1v) is 5.46. The van der Waals surface area contributed by atoms with Crippen molar-refractivity contribution in [1.29, 1.82) is 0 Å². The number of nitro benzene ring substituents is 1. The molecule has 1 saturated heterocycles. The Labute approximate surface area is 98.2 Å². The predicted octanol–water partition coefficient (Wildman–Crippen LogP) is 1.66. The van der Waals surface area contributed by atoms with E-state index in [1.807, 2.05) is 4.90 Å². The molecular formula is C10H12ClN3O2. The molecule has 1 N–H and O–H groups in total. The molecule has 1 heterocycles.